The standard InChI is InChI=1S/C30H26N4O4S/c31-18-24(30(35)32-26-15-16-39(36,37)21-26)17-25-19-34(27-9-5-2-6-10-27)33-29(25)23-11-13-28(14-12-23)38-20-22-7-3-1-4-8-22/h1-14,17,19,26H,15-16,20-21H2,(H,32,35). The molecule has 196 valence electrons. The van der Waals surface area contributed by atoms with Crippen LogP contribution in [0.4, 0.5) is 0 Å². The minimum atomic E-state index is -3.17. The highest BCUT2D eigenvalue weighted by Gasteiger charge is 2.29. The first-order chi connectivity index (χ1) is 18.9. The maximum atomic E-state index is 12.9. The van der Waals surface area contributed by atoms with Gasteiger partial charge in [-0.25, -0.2) is 13.1 Å². The van der Waals surface area contributed by atoms with Gasteiger partial charge >= 0.3 is 0 Å². The first-order valence-electron chi connectivity index (χ1n) is 12.5. The summed E-state index contributed by atoms with van der Waals surface area (Å²) in [5.41, 5.74) is 3.69. The van der Waals surface area contributed by atoms with Gasteiger partial charge in [-0.1, -0.05) is 48.5 Å². The molecule has 39 heavy (non-hydrogen) atoms. The van der Waals surface area contributed by atoms with Gasteiger partial charge in [0.15, 0.2) is 9.84 Å². The van der Waals surface area contributed by atoms with E-state index in [1.807, 2.05) is 91.0 Å². The second kappa shape index (κ2) is 11.4. The zero-order valence-corrected chi connectivity index (χ0v) is 21.8. The van der Waals surface area contributed by atoms with Crippen molar-refractivity contribution in [2.45, 2.75) is 19.1 Å². The Balaban J connectivity index is 1.43. The van der Waals surface area contributed by atoms with E-state index in [1.165, 1.54) is 6.08 Å². The van der Waals surface area contributed by atoms with E-state index in [1.54, 1.807) is 10.9 Å². The van der Waals surface area contributed by atoms with Gasteiger partial charge in [0.1, 0.15) is 24.0 Å². The van der Waals surface area contributed by atoms with Crippen LogP contribution in [0, 0.1) is 11.3 Å². The summed E-state index contributed by atoms with van der Waals surface area (Å²) in [6.07, 6.45) is 3.58. The maximum Gasteiger partial charge on any atom is 0.262 e. The molecule has 0 spiro atoms. The molecule has 1 fully saturated rings. The lowest BCUT2D eigenvalue weighted by Crippen LogP contribution is -2.36. The monoisotopic (exact) mass is 538 g/mol. The number of para-hydroxylation sites is 1. The number of aromatic nitrogens is 2. The Morgan fingerprint density at radius 3 is 2.38 bits per heavy atom. The zero-order chi connectivity index (χ0) is 27.2. The largest absolute Gasteiger partial charge is 0.489 e. The molecule has 5 rings (SSSR count). The Hall–Kier alpha value is -4.68. The molecule has 0 radical (unpaired) electrons. The molecule has 1 N–H and O–H groups in total. The van der Waals surface area contributed by atoms with Gasteiger partial charge in [0, 0.05) is 23.4 Å². The Bertz CT molecular complexity index is 1640. The van der Waals surface area contributed by atoms with Gasteiger partial charge in [0.05, 0.1) is 22.9 Å². The number of carbonyl (C=O) groups is 1. The van der Waals surface area contributed by atoms with Crippen molar-refractivity contribution < 1.29 is 17.9 Å². The number of carbonyl (C=O) groups excluding carboxylic acids is 1. The smallest absolute Gasteiger partial charge is 0.262 e. The molecular formula is C30H26N4O4S. The summed E-state index contributed by atoms with van der Waals surface area (Å²) in [6.45, 7) is 0.444. The van der Waals surface area contributed by atoms with Crippen molar-refractivity contribution in [3.05, 3.63) is 108 Å². The Kier molecular flexibility index (Phi) is 7.57. The average Bonchev–Trinajstić information content (AvgIpc) is 3.54. The predicted octanol–water partition coefficient (Wildman–Crippen LogP) is 4.33. The molecule has 0 aliphatic carbocycles. The van der Waals surface area contributed by atoms with Gasteiger partial charge in [0.25, 0.3) is 5.91 Å². The fourth-order valence-electron chi connectivity index (χ4n) is 4.36. The molecule has 9 heteroatoms. The van der Waals surface area contributed by atoms with E-state index in [0.717, 1.165) is 16.8 Å². The number of ether oxygens (including phenoxy) is 1. The number of nitriles is 1. The van der Waals surface area contributed by atoms with Crippen molar-refractivity contribution in [2.24, 2.45) is 0 Å². The summed E-state index contributed by atoms with van der Waals surface area (Å²) in [5, 5.41) is 17.2. The number of hydrogen-bond donors (Lipinski definition) is 1. The van der Waals surface area contributed by atoms with Crippen LogP contribution in [0.25, 0.3) is 23.0 Å². The third-order valence-corrected chi connectivity index (χ3v) is 8.14. The summed E-state index contributed by atoms with van der Waals surface area (Å²) in [5.74, 6) is 0.00380. The summed E-state index contributed by atoms with van der Waals surface area (Å²) in [4.78, 5) is 12.9. The molecule has 4 aromatic rings. The van der Waals surface area contributed by atoms with Crippen LogP contribution in [0.1, 0.15) is 17.5 Å². The molecule has 1 amide bonds. The van der Waals surface area contributed by atoms with E-state index in [2.05, 4.69) is 5.32 Å². The van der Waals surface area contributed by atoms with Gasteiger partial charge in [0.2, 0.25) is 0 Å². The van der Waals surface area contributed by atoms with E-state index in [0.29, 0.717) is 30.0 Å². The molecule has 1 aliphatic rings. The molecule has 1 aliphatic heterocycles. The number of hydrogen-bond acceptors (Lipinski definition) is 6. The van der Waals surface area contributed by atoms with Crippen molar-refractivity contribution in [1.82, 2.24) is 15.1 Å². The lowest BCUT2D eigenvalue weighted by Gasteiger charge is -2.10. The number of nitrogens with zero attached hydrogens (tertiary/aromatic N) is 3. The van der Waals surface area contributed by atoms with Crippen LogP contribution in [0.2, 0.25) is 0 Å². The van der Waals surface area contributed by atoms with E-state index < -0.39 is 21.8 Å². The van der Waals surface area contributed by atoms with Crippen molar-refractivity contribution in [3.8, 4) is 28.8 Å². The highest BCUT2D eigenvalue weighted by atomic mass is 32.2. The average molecular weight is 539 g/mol. The molecule has 1 atom stereocenters. The van der Waals surface area contributed by atoms with Crippen LogP contribution < -0.4 is 10.1 Å². The van der Waals surface area contributed by atoms with Crippen LogP contribution >= 0.6 is 0 Å². The molecule has 0 bridgehead atoms. The van der Waals surface area contributed by atoms with Crippen LogP contribution in [-0.4, -0.2) is 41.7 Å². The summed E-state index contributed by atoms with van der Waals surface area (Å²) in [6, 6.07) is 28.3. The number of amides is 1. The fourth-order valence-corrected chi connectivity index (χ4v) is 6.03. The van der Waals surface area contributed by atoms with Gasteiger partial charge in [-0.05, 0) is 54.5 Å². The SMILES string of the molecule is N#CC(=Cc1cn(-c2ccccc2)nc1-c1ccc(OCc2ccccc2)cc1)C(=O)NC1CCS(=O)(=O)C1. The highest BCUT2D eigenvalue weighted by molar-refractivity contribution is 7.91. The van der Waals surface area contributed by atoms with Crippen molar-refractivity contribution in [3.63, 3.8) is 0 Å². The number of benzene rings is 3. The van der Waals surface area contributed by atoms with Crippen LogP contribution in [-0.2, 0) is 21.2 Å². The Morgan fingerprint density at radius 1 is 1.05 bits per heavy atom. The third-order valence-electron chi connectivity index (χ3n) is 6.37. The first-order valence-corrected chi connectivity index (χ1v) is 14.3. The third kappa shape index (κ3) is 6.43. The van der Waals surface area contributed by atoms with Crippen molar-refractivity contribution in [2.75, 3.05) is 11.5 Å². The zero-order valence-electron chi connectivity index (χ0n) is 21.0. The van der Waals surface area contributed by atoms with Gasteiger partial charge in [-0.15, -0.1) is 0 Å². The van der Waals surface area contributed by atoms with Crippen LogP contribution in [0.3, 0.4) is 0 Å². The molecule has 8 nitrogen and oxygen atoms in total. The summed E-state index contributed by atoms with van der Waals surface area (Å²) < 4.78 is 31.2. The topological polar surface area (TPSA) is 114 Å². The van der Waals surface area contributed by atoms with Crippen molar-refractivity contribution in [1.29, 1.82) is 5.26 Å². The normalized spacial score (nSPS) is 16.4. The highest BCUT2D eigenvalue weighted by Crippen LogP contribution is 2.28. The van der Waals surface area contributed by atoms with Gasteiger partial charge in [-0.3, -0.25) is 4.79 Å². The minimum Gasteiger partial charge on any atom is -0.489 e. The second-order valence-electron chi connectivity index (χ2n) is 9.26. The van der Waals surface area contributed by atoms with Crippen LogP contribution in [0.5, 0.6) is 5.75 Å². The van der Waals surface area contributed by atoms with Gasteiger partial charge in [-0.2, -0.15) is 10.4 Å². The number of nitrogens with one attached hydrogen (secondary N) is 1. The van der Waals surface area contributed by atoms with E-state index >= 15 is 0 Å². The lowest BCUT2D eigenvalue weighted by molar-refractivity contribution is -0.117. The summed E-state index contributed by atoms with van der Waals surface area (Å²) >= 11 is 0. The molecular weight excluding hydrogens is 512 g/mol. The second-order valence-corrected chi connectivity index (χ2v) is 11.5. The Morgan fingerprint density at radius 2 is 1.74 bits per heavy atom. The predicted molar refractivity (Wildman–Crippen MR) is 149 cm³/mol. The fraction of sp³-hybridized carbons (Fsp3) is 0.167. The number of rotatable bonds is 8. The molecule has 1 unspecified atom stereocenters. The number of sulfone groups is 1. The van der Waals surface area contributed by atoms with E-state index in [-0.39, 0.29) is 17.1 Å². The van der Waals surface area contributed by atoms with Crippen molar-refractivity contribution >= 4 is 21.8 Å². The van der Waals surface area contributed by atoms with Gasteiger partial charge < -0.3 is 10.1 Å². The quantitative estimate of drug-likeness (QED) is 0.264. The first kappa shape index (κ1) is 25.9. The Labute approximate surface area is 227 Å². The minimum absolute atomic E-state index is 0.0304. The lowest BCUT2D eigenvalue weighted by atomic mass is 10.1. The molecule has 3 aromatic carbocycles. The van der Waals surface area contributed by atoms with E-state index in [9.17, 15) is 18.5 Å². The maximum absolute atomic E-state index is 12.9. The summed E-state index contributed by atoms with van der Waals surface area (Å²) in [7, 11) is -3.17. The molecule has 2 heterocycles. The molecule has 1 aromatic heterocycles. The van der Waals surface area contributed by atoms with Crippen LogP contribution in [0.15, 0.2) is 96.7 Å². The molecule has 1 saturated heterocycles. The molecule has 0 saturated carbocycles. The van der Waals surface area contributed by atoms with E-state index in [4.69, 9.17) is 9.84 Å².